The van der Waals surface area contributed by atoms with E-state index in [1.165, 1.54) is 0 Å². The van der Waals surface area contributed by atoms with E-state index in [4.69, 9.17) is 0 Å². The fraction of sp³-hybridized carbons (Fsp3) is 0.292. The summed E-state index contributed by atoms with van der Waals surface area (Å²) in [4.78, 5) is 27.1. The van der Waals surface area contributed by atoms with E-state index in [9.17, 15) is 9.59 Å². The molecule has 0 saturated carbocycles. The second-order valence-corrected chi connectivity index (χ2v) is 7.58. The number of rotatable bonds is 6. The summed E-state index contributed by atoms with van der Waals surface area (Å²) in [6, 6.07) is 16.6. The van der Waals surface area contributed by atoms with Crippen LogP contribution in [-0.4, -0.2) is 33.5 Å². The number of aryl methyl sites for hydroxylation is 2. The van der Waals surface area contributed by atoms with Crippen molar-refractivity contribution in [2.24, 2.45) is 7.05 Å². The molecule has 0 aliphatic heterocycles. The number of aromatic nitrogens is 2. The second-order valence-electron chi connectivity index (χ2n) is 7.58. The van der Waals surface area contributed by atoms with Gasteiger partial charge in [0.2, 0.25) is 5.91 Å². The van der Waals surface area contributed by atoms with E-state index in [1.54, 1.807) is 21.7 Å². The summed E-state index contributed by atoms with van der Waals surface area (Å²) in [6.07, 6.45) is 0.316. The molecule has 0 radical (unpaired) electrons. The van der Waals surface area contributed by atoms with Crippen LogP contribution in [0.2, 0.25) is 0 Å². The summed E-state index contributed by atoms with van der Waals surface area (Å²) < 4.78 is 1.81. The Bertz CT molecular complexity index is 1060. The minimum atomic E-state index is -0.160. The van der Waals surface area contributed by atoms with Gasteiger partial charge in [0.1, 0.15) is 0 Å². The van der Waals surface area contributed by atoms with Crippen LogP contribution in [0.1, 0.15) is 45.8 Å². The molecule has 1 unspecified atom stereocenters. The normalized spacial score (nSPS) is 11.8. The fourth-order valence-electron chi connectivity index (χ4n) is 3.46. The average molecular weight is 405 g/mol. The molecule has 1 aromatic heterocycles. The smallest absolute Gasteiger partial charge is 0.255 e. The van der Waals surface area contributed by atoms with Crippen molar-refractivity contribution in [3.05, 3.63) is 82.7 Å². The highest BCUT2D eigenvalue weighted by molar-refractivity contribution is 6.04. The molecule has 6 heteroatoms. The Balaban J connectivity index is 1.71. The monoisotopic (exact) mass is 404 g/mol. The highest BCUT2D eigenvalue weighted by Crippen LogP contribution is 2.24. The van der Waals surface area contributed by atoms with Gasteiger partial charge in [-0.25, -0.2) is 0 Å². The van der Waals surface area contributed by atoms with Gasteiger partial charge in [-0.1, -0.05) is 30.3 Å². The third kappa shape index (κ3) is 4.59. The SMILES string of the molecule is Cc1nn(C)c(C)c1CC(=O)N(C)C(C)c1cccc(NC(=O)c2ccccc2)c1. The molecule has 1 heterocycles. The maximum atomic E-state index is 12.9. The minimum Gasteiger partial charge on any atom is -0.339 e. The molecule has 30 heavy (non-hydrogen) atoms. The van der Waals surface area contributed by atoms with Crippen LogP contribution in [0.25, 0.3) is 0 Å². The first kappa shape index (κ1) is 21.3. The first-order chi connectivity index (χ1) is 14.3. The lowest BCUT2D eigenvalue weighted by Crippen LogP contribution is -2.31. The number of benzene rings is 2. The molecule has 0 bridgehead atoms. The highest BCUT2D eigenvalue weighted by atomic mass is 16.2. The molecule has 2 amide bonds. The standard InChI is InChI=1S/C24H28N4O2/c1-16-22(18(3)28(5)26-16)15-23(29)27(4)17(2)20-12-9-13-21(14-20)25-24(30)19-10-7-6-8-11-19/h6-14,17H,15H2,1-5H3,(H,25,30). The number of nitrogens with one attached hydrogen (secondary N) is 1. The van der Waals surface area contributed by atoms with Crippen molar-refractivity contribution < 1.29 is 9.59 Å². The van der Waals surface area contributed by atoms with E-state index in [0.29, 0.717) is 17.7 Å². The minimum absolute atomic E-state index is 0.0282. The lowest BCUT2D eigenvalue weighted by molar-refractivity contribution is -0.131. The Labute approximate surface area is 177 Å². The number of anilines is 1. The number of carbonyl (C=O) groups excluding carboxylic acids is 2. The van der Waals surface area contributed by atoms with Crippen molar-refractivity contribution in [1.29, 1.82) is 0 Å². The molecule has 0 fully saturated rings. The number of hydrogen-bond donors (Lipinski definition) is 1. The summed E-state index contributed by atoms with van der Waals surface area (Å²) in [5, 5.41) is 7.32. The van der Waals surface area contributed by atoms with Crippen molar-refractivity contribution in [2.45, 2.75) is 33.2 Å². The zero-order chi connectivity index (χ0) is 21.8. The molecule has 2 aromatic carbocycles. The Morgan fingerprint density at radius 2 is 1.80 bits per heavy atom. The van der Waals surface area contributed by atoms with Gasteiger partial charge >= 0.3 is 0 Å². The summed E-state index contributed by atoms with van der Waals surface area (Å²) in [7, 11) is 3.70. The molecule has 6 nitrogen and oxygen atoms in total. The number of likely N-dealkylation sites (N-methyl/N-ethyl adjacent to an activating group) is 1. The van der Waals surface area contributed by atoms with Crippen molar-refractivity contribution in [2.75, 3.05) is 12.4 Å². The summed E-state index contributed by atoms with van der Waals surface area (Å²) in [6.45, 7) is 5.89. The van der Waals surface area contributed by atoms with Gasteiger partial charge in [0.15, 0.2) is 0 Å². The van der Waals surface area contributed by atoms with E-state index >= 15 is 0 Å². The van der Waals surface area contributed by atoms with Gasteiger partial charge in [-0.05, 0) is 50.6 Å². The molecule has 1 atom stereocenters. The number of amides is 2. The van der Waals surface area contributed by atoms with Crippen LogP contribution in [0.5, 0.6) is 0 Å². The third-order valence-corrected chi connectivity index (χ3v) is 5.62. The molecule has 0 aliphatic rings. The molecule has 3 aromatic rings. The lowest BCUT2D eigenvalue weighted by Gasteiger charge is -2.26. The van der Waals surface area contributed by atoms with Crippen LogP contribution >= 0.6 is 0 Å². The van der Waals surface area contributed by atoms with Crippen molar-refractivity contribution in [3.63, 3.8) is 0 Å². The van der Waals surface area contributed by atoms with Crippen LogP contribution in [-0.2, 0) is 18.3 Å². The Kier molecular flexibility index (Phi) is 6.35. The van der Waals surface area contributed by atoms with E-state index in [0.717, 1.165) is 22.5 Å². The van der Waals surface area contributed by atoms with Crippen molar-refractivity contribution >= 4 is 17.5 Å². The van der Waals surface area contributed by atoms with E-state index in [2.05, 4.69) is 10.4 Å². The van der Waals surface area contributed by atoms with Gasteiger partial charge in [-0.2, -0.15) is 5.10 Å². The topological polar surface area (TPSA) is 67.2 Å². The molecule has 3 rings (SSSR count). The lowest BCUT2D eigenvalue weighted by atomic mass is 10.0. The molecule has 1 N–H and O–H groups in total. The van der Waals surface area contributed by atoms with Crippen molar-refractivity contribution in [3.8, 4) is 0 Å². The van der Waals surface area contributed by atoms with E-state index < -0.39 is 0 Å². The first-order valence-electron chi connectivity index (χ1n) is 9.99. The Morgan fingerprint density at radius 1 is 1.10 bits per heavy atom. The highest BCUT2D eigenvalue weighted by Gasteiger charge is 2.21. The third-order valence-electron chi connectivity index (χ3n) is 5.62. The van der Waals surface area contributed by atoms with E-state index in [1.807, 2.05) is 77.3 Å². The zero-order valence-corrected chi connectivity index (χ0v) is 18.1. The number of carbonyl (C=O) groups is 2. The average Bonchev–Trinajstić information content (AvgIpc) is 2.99. The van der Waals surface area contributed by atoms with Crippen LogP contribution in [0.3, 0.4) is 0 Å². The van der Waals surface area contributed by atoms with Crippen LogP contribution in [0, 0.1) is 13.8 Å². The van der Waals surface area contributed by atoms with Gasteiger partial charge in [-0.3, -0.25) is 14.3 Å². The predicted molar refractivity (Wildman–Crippen MR) is 118 cm³/mol. The summed E-state index contributed by atoms with van der Waals surface area (Å²) in [5.41, 5.74) is 5.13. The first-order valence-corrected chi connectivity index (χ1v) is 9.99. The summed E-state index contributed by atoms with van der Waals surface area (Å²) >= 11 is 0. The summed E-state index contributed by atoms with van der Waals surface area (Å²) in [5.74, 6) is -0.132. The van der Waals surface area contributed by atoms with Crippen LogP contribution < -0.4 is 5.32 Å². The van der Waals surface area contributed by atoms with Gasteiger partial charge in [-0.15, -0.1) is 0 Å². The van der Waals surface area contributed by atoms with Gasteiger partial charge in [0, 0.05) is 36.6 Å². The maximum Gasteiger partial charge on any atom is 0.255 e. The second kappa shape index (κ2) is 8.95. The molecular weight excluding hydrogens is 376 g/mol. The maximum absolute atomic E-state index is 12.9. The van der Waals surface area contributed by atoms with E-state index in [-0.39, 0.29) is 17.9 Å². The Hall–Kier alpha value is -3.41. The van der Waals surface area contributed by atoms with Crippen LogP contribution in [0.15, 0.2) is 54.6 Å². The largest absolute Gasteiger partial charge is 0.339 e. The number of hydrogen-bond acceptors (Lipinski definition) is 3. The van der Waals surface area contributed by atoms with Gasteiger partial charge < -0.3 is 10.2 Å². The predicted octanol–water partition coefficient (Wildman–Crippen LogP) is 4.05. The number of nitrogens with zero attached hydrogens (tertiary/aromatic N) is 3. The molecule has 0 spiro atoms. The zero-order valence-electron chi connectivity index (χ0n) is 18.1. The van der Waals surface area contributed by atoms with Gasteiger partial charge in [0.25, 0.3) is 5.91 Å². The van der Waals surface area contributed by atoms with Crippen molar-refractivity contribution in [1.82, 2.24) is 14.7 Å². The molecular formula is C24H28N4O2. The molecule has 156 valence electrons. The van der Waals surface area contributed by atoms with Gasteiger partial charge in [0.05, 0.1) is 18.2 Å². The van der Waals surface area contributed by atoms with Crippen LogP contribution in [0.4, 0.5) is 5.69 Å². The molecule has 0 saturated heterocycles. The Morgan fingerprint density at radius 3 is 2.43 bits per heavy atom. The molecule has 0 aliphatic carbocycles. The quantitative estimate of drug-likeness (QED) is 0.674. The fourth-order valence-corrected chi connectivity index (χ4v) is 3.46.